The van der Waals surface area contributed by atoms with Gasteiger partial charge in [-0.25, -0.2) is 0 Å². The van der Waals surface area contributed by atoms with E-state index in [0.29, 0.717) is 17.6 Å². The highest BCUT2D eigenvalue weighted by Gasteiger charge is 2.52. The fourth-order valence-electron chi connectivity index (χ4n) is 3.81. The lowest BCUT2D eigenvalue weighted by Gasteiger charge is -2.48. The van der Waals surface area contributed by atoms with Crippen LogP contribution in [0.25, 0.3) is 0 Å². The maximum absolute atomic E-state index is 12.3. The van der Waals surface area contributed by atoms with E-state index in [1.54, 1.807) is 0 Å². The summed E-state index contributed by atoms with van der Waals surface area (Å²) in [6.45, 7) is 1.03. The summed E-state index contributed by atoms with van der Waals surface area (Å²) in [5.41, 5.74) is 2.70. The van der Waals surface area contributed by atoms with Gasteiger partial charge in [0.2, 0.25) is 0 Å². The van der Waals surface area contributed by atoms with Gasteiger partial charge in [-0.3, -0.25) is 4.79 Å². The van der Waals surface area contributed by atoms with Gasteiger partial charge in [-0.05, 0) is 30.9 Å². The largest absolute Gasteiger partial charge is 0.361 e. The Morgan fingerprint density at radius 3 is 3.06 bits per heavy atom. The second-order valence-corrected chi connectivity index (χ2v) is 5.62. The summed E-state index contributed by atoms with van der Waals surface area (Å²) in [7, 11) is 0. The number of allylic oxidation sites excluding steroid dienone is 1. The molecule has 4 rings (SSSR count). The minimum absolute atomic E-state index is 0.121. The summed E-state index contributed by atoms with van der Waals surface area (Å²) >= 11 is 0. The van der Waals surface area contributed by atoms with Crippen LogP contribution in [0.1, 0.15) is 18.4 Å². The molecule has 0 aromatic heterocycles. The standard InChI is InChI=1S/C16H17NO/c18-16-13-8-3-7-12(13)15(16)17-10-4-6-11-5-1-2-9-14(11)17/h1-3,5,7,9,12-13,15H,4,6,8,10H2/t12-,13+,15-/m0/s1. The van der Waals surface area contributed by atoms with E-state index >= 15 is 0 Å². The average molecular weight is 239 g/mol. The van der Waals surface area contributed by atoms with Crippen LogP contribution in [-0.2, 0) is 11.2 Å². The first-order valence-corrected chi connectivity index (χ1v) is 6.91. The number of hydrogen-bond donors (Lipinski definition) is 0. The van der Waals surface area contributed by atoms with Gasteiger partial charge in [0.15, 0.2) is 5.78 Å². The molecule has 2 nitrogen and oxygen atoms in total. The Bertz CT molecular complexity index is 534. The van der Waals surface area contributed by atoms with Crippen molar-refractivity contribution >= 4 is 11.5 Å². The Hall–Kier alpha value is -1.57. The number of rotatable bonds is 1. The van der Waals surface area contributed by atoms with Crippen LogP contribution < -0.4 is 4.90 Å². The van der Waals surface area contributed by atoms with Gasteiger partial charge in [0.1, 0.15) is 0 Å². The van der Waals surface area contributed by atoms with E-state index in [-0.39, 0.29) is 6.04 Å². The van der Waals surface area contributed by atoms with Crippen LogP contribution in [0, 0.1) is 11.8 Å². The van der Waals surface area contributed by atoms with Gasteiger partial charge in [0, 0.05) is 24.1 Å². The molecule has 0 N–H and O–H groups in total. The number of carbonyl (C=O) groups is 1. The van der Waals surface area contributed by atoms with Crippen molar-refractivity contribution in [2.75, 3.05) is 11.4 Å². The minimum atomic E-state index is 0.121. The topological polar surface area (TPSA) is 20.3 Å². The highest BCUT2D eigenvalue weighted by Crippen LogP contribution is 2.45. The third-order valence-electron chi connectivity index (χ3n) is 4.72. The third-order valence-corrected chi connectivity index (χ3v) is 4.72. The number of carbonyl (C=O) groups excluding carboxylic acids is 1. The fraction of sp³-hybridized carbons (Fsp3) is 0.438. The van der Waals surface area contributed by atoms with Crippen molar-refractivity contribution in [1.29, 1.82) is 0 Å². The van der Waals surface area contributed by atoms with Crippen molar-refractivity contribution in [2.24, 2.45) is 11.8 Å². The molecule has 1 saturated carbocycles. The smallest absolute Gasteiger partial charge is 0.159 e. The van der Waals surface area contributed by atoms with Gasteiger partial charge in [-0.2, -0.15) is 0 Å². The van der Waals surface area contributed by atoms with Crippen molar-refractivity contribution in [3.05, 3.63) is 42.0 Å². The van der Waals surface area contributed by atoms with Crippen LogP contribution in [-0.4, -0.2) is 18.4 Å². The van der Waals surface area contributed by atoms with E-state index in [9.17, 15) is 4.79 Å². The van der Waals surface area contributed by atoms with E-state index in [1.165, 1.54) is 17.7 Å². The van der Waals surface area contributed by atoms with Crippen LogP contribution in [0.2, 0.25) is 0 Å². The third kappa shape index (κ3) is 1.26. The summed E-state index contributed by atoms with van der Waals surface area (Å²) in [4.78, 5) is 14.6. The van der Waals surface area contributed by atoms with Crippen LogP contribution in [0.15, 0.2) is 36.4 Å². The lowest BCUT2D eigenvalue weighted by molar-refractivity contribution is -0.134. The van der Waals surface area contributed by atoms with Gasteiger partial charge in [-0.1, -0.05) is 30.4 Å². The Kier molecular flexibility index (Phi) is 2.14. The molecule has 1 aromatic carbocycles. The molecule has 0 radical (unpaired) electrons. The van der Waals surface area contributed by atoms with Gasteiger partial charge in [0.05, 0.1) is 6.04 Å². The monoisotopic (exact) mass is 239 g/mol. The summed E-state index contributed by atoms with van der Waals surface area (Å²) in [5, 5.41) is 0. The van der Waals surface area contributed by atoms with E-state index in [2.05, 4.69) is 41.3 Å². The molecular formula is C16H17NO. The van der Waals surface area contributed by atoms with Gasteiger partial charge >= 0.3 is 0 Å². The molecule has 0 amide bonds. The zero-order valence-corrected chi connectivity index (χ0v) is 10.4. The zero-order chi connectivity index (χ0) is 12.1. The molecule has 3 aliphatic rings. The van der Waals surface area contributed by atoms with E-state index in [4.69, 9.17) is 0 Å². The molecule has 0 bridgehead atoms. The molecule has 1 fully saturated rings. The number of anilines is 1. The normalized spacial score (nSPS) is 33.0. The molecule has 1 aliphatic heterocycles. The maximum Gasteiger partial charge on any atom is 0.159 e. The van der Waals surface area contributed by atoms with Crippen LogP contribution in [0.4, 0.5) is 5.69 Å². The second kappa shape index (κ2) is 3.71. The number of benzene rings is 1. The first-order valence-electron chi connectivity index (χ1n) is 6.91. The Balaban J connectivity index is 1.70. The Morgan fingerprint density at radius 1 is 1.22 bits per heavy atom. The number of fused-ring (bicyclic) bond motifs is 2. The summed E-state index contributed by atoms with van der Waals surface area (Å²) in [6.07, 6.45) is 7.73. The van der Waals surface area contributed by atoms with Crippen LogP contribution in [0.3, 0.4) is 0 Å². The van der Waals surface area contributed by atoms with Gasteiger partial charge in [-0.15, -0.1) is 0 Å². The Morgan fingerprint density at radius 2 is 2.11 bits per heavy atom. The molecule has 0 spiro atoms. The first-order chi connectivity index (χ1) is 8.86. The number of aryl methyl sites for hydroxylation is 1. The first kappa shape index (κ1) is 10.4. The molecule has 92 valence electrons. The van der Waals surface area contributed by atoms with Crippen molar-refractivity contribution in [2.45, 2.75) is 25.3 Å². The van der Waals surface area contributed by atoms with Crippen molar-refractivity contribution in [3.8, 4) is 0 Å². The molecule has 1 heterocycles. The highest BCUT2D eigenvalue weighted by molar-refractivity contribution is 5.97. The van der Waals surface area contributed by atoms with E-state index in [1.807, 2.05) is 0 Å². The lowest BCUT2D eigenvalue weighted by atomic mass is 9.68. The van der Waals surface area contributed by atoms with Crippen molar-refractivity contribution in [3.63, 3.8) is 0 Å². The number of Topliss-reactive ketones (excluding diaryl/α,β-unsaturated/α-hetero) is 1. The summed E-state index contributed by atoms with van der Waals surface area (Å²) in [5.74, 6) is 1.23. The van der Waals surface area contributed by atoms with E-state index in [0.717, 1.165) is 19.4 Å². The van der Waals surface area contributed by atoms with Gasteiger partial charge < -0.3 is 4.90 Å². The average Bonchev–Trinajstić information content (AvgIpc) is 2.83. The van der Waals surface area contributed by atoms with Crippen molar-refractivity contribution < 1.29 is 4.79 Å². The molecular weight excluding hydrogens is 222 g/mol. The molecule has 2 heteroatoms. The number of ketones is 1. The number of nitrogens with zero attached hydrogens (tertiary/aromatic N) is 1. The predicted molar refractivity (Wildman–Crippen MR) is 71.6 cm³/mol. The highest BCUT2D eigenvalue weighted by atomic mass is 16.1. The summed E-state index contributed by atoms with van der Waals surface area (Å²) < 4.78 is 0. The van der Waals surface area contributed by atoms with Gasteiger partial charge in [0.25, 0.3) is 0 Å². The second-order valence-electron chi connectivity index (χ2n) is 5.62. The maximum atomic E-state index is 12.3. The molecule has 3 atom stereocenters. The van der Waals surface area contributed by atoms with Crippen LogP contribution >= 0.6 is 0 Å². The SMILES string of the molecule is O=C1[C@@H](N2CCCc3ccccc32)[C@H]2C=CC[C@@H]12. The van der Waals surface area contributed by atoms with Crippen molar-refractivity contribution in [1.82, 2.24) is 0 Å². The molecule has 0 unspecified atom stereocenters. The summed E-state index contributed by atoms with van der Waals surface area (Å²) in [6, 6.07) is 8.68. The molecule has 1 aromatic rings. The molecule has 2 aliphatic carbocycles. The predicted octanol–water partition coefficient (Wildman–Crippen LogP) is 2.58. The molecule has 0 saturated heterocycles. The quantitative estimate of drug-likeness (QED) is 0.702. The fourth-order valence-corrected chi connectivity index (χ4v) is 3.81. The zero-order valence-electron chi connectivity index (χ0n) is 10.4. The molecule has 18 heavy (non-hydrogen) atoms. The number of para-hydroxylation sites is 1. The minimum Gasteiger partial charge on any atom is -0.361 e. The van der Waals surface area contributed by atoms with E-state index < -0.39 is 0 Å². The Labute approximate surface area is 107 Å². The lowest BCUT2D eigenvalue weighted by Crippen LogP contribution is -2.60. The van der Waals surface area contributed by atoms with Crippen LogP contribution in [0.5, 0.6) is 0 Å². The number of hydrogen-bond acceptors (Lipinski definition) is 2.